The summed E-state index contributed by atoms with van der Waals surface area (Å²) in [5, 5.41) is 3.98. The van der Waals surface area contributed by atoms with E-state index in [1.54, 1.807) is 31.4 Å². The molecule has 1 heterocycles. The first kappa shape index (κ1) is 23.5. The average molecular weight is 452 g/mol. The molecule has 0 unspecified atom stereocenters. The Kier molecular flexibility index (Phi) is 8.18. The van der Waals surface area contributed by atoms with Crippen LogP contribution in [0.3, 0.4) is 0 Å². The Hall–Kier alpha value is -4.14. The van der Waals surface area contributed by atoms with Crippen molar-refractivity contribution in [3.8, 4) is 28.6 Å². The Morgan fingerprint density at radius 3 is 2.48 bits per heavy atom. The van der Waals surface area contributed by atoms with Gasteiger partial charge in [-0.2, -0.15) is 4.98 Å². The van der Waals surface area contributed by atoms with Gasteiger partial charge in [0, 0.05) is 24.5 Å². The largest absolute Gasteiger partial charge is 0.497 e. The Balaban J connectivity index is 1.52. The monoisotopic (exact) mass is 452 g/mol. The molecule has 2 aromatic carbocycles. The van der Waals surface area contributed by atoms with E-state index in [0.717, 1.165) is 11.3 Å². The van der Waals surface area contributed by atoms with E-state index in [1.165, 1.54) is 20.3 Å². The molecule has 172 valence electrons. The molecule has 9 nitrogen and oxygen atoms in total. The maximum Gasteiger partial charge on any atom is 0.330 e. The summed E-state index contributed by atoms with van der Waals surface area (Å²) in [6.07, 6.45) is 3.94. The van der Waals surface area contributed by atoms with Crippen LogP contribution in [-0.2, 0) is 20.7 Å². The summed E-state index contributed by atoms with van der Waals surface area (Å²) in [5.41, 5.74) is 1.50. The number of carbonyl (C=O) groups excluding carboxylic acids is 2. The van der Waals surface area contributed by atoms with Crippen LogP contribution in [0, 0.1) is 0 Å². The Morgan fingerprint density at radius 1 is 1.00 bits per heavy atom. The van der Waals surface area contributed by atoms with Crippen molar-refractivity contribution in [2.75, 3.05) is 21.3 Å². The van der Waals surface area contributed by atoms with Crippen molar-refractivity contribution in [3.63, 3.8) is 0 Å². The fourth-order valence-corrected chi connectivity index (χ4v) is 2.88. The molecule has 1 aromatic heterocycles. The van der Waals surface area contributed by atoms with Crippen LogP contribution in [0.1, 0.15) is 24.3 Å². The van der Waals surface area contributed by atoms with Gasteiger partial charge in [0.05, 0.1) is 21.3 Å². The summed E-state index contributed by atoms with van der Waals surface area (Å²) in [6, 6.07) is 12.3. The first-order valence-corrected chi connectivity index (χ1v) is 10.1. The average Bonchev–Trinajstić information content (AvgIpc) is 3.32. The second kappa shape index (κ2) is 11.5. The summed E-state index contributed by atoms with van der Waals surface area (Å²) < 4.78 is 25.7. The van der Waals surface area contributed by atoms with Gasteiger partial charge in [-0.3, -0.25) is 4.79 Å². The molecule has 0 atom stereocenters. The zero-order valence-electron chi connectivity index (χ0n) is 18.6. The number of carbonyl (C=O) groups is 2. The minimum atomic E-state index is -0.471. The molecule has 0 aliphatic carbocycles. The highest BCUT2D eigenvalue weighted by atomic mass is 16.6. The SMILES string of the molecule is COC(=O)/C=C/c1ccc(OC(=O)CCCc2nc(-c3ccc(OC)cc3)no2)c(OC)c1. The van der Waals surface area contributed by atoms with E-state index < -0.39 is 11.9 Å². The molecule has 0 aliphatic rings. The molecule has 3 rings (SSSR count). The molecule has 0 fully saturated rings. The Labute approximate surface area is 190 Å². The van der Waals surface area contributed by atoms with Crippen molar-refractivity contribution < 1.29 is 33.1 Å². The maximum absolute atomic E-state index is 12.3. The number of hydrogen-bond acceptors (Lipinski definition) is 9. The molecule has 0 bridgehead atoms. The Morgan fingerprint density at radius 2 is 1.79 bits per heavy atom. The molecule has 9 heteroatoms. The van der Waals surface area contributed by atoms with E-state index in [-0.39, 0.29) is 12.2 Å². The van der Waals surface area contributed by atoms with Crippen molar-refractivity contribution >= 4 is 18.0 Å². The summed E-state index contributed by atoms with van der Waals surface area (Å²) in [7, 11) is 4.37. The first-order chi connectivity index (χ1) is 16.0. The van der Waals surface area contributed by atoms with Gasteiger partial charge in [-0.25, -0.2) is 4.79 Å². The second-order valence-electron chi connectivity index (χ2n) is 6.83. The molecule has 0 N–H and O–H groups in total. The van der Waals surface area contributed by atoms with Crippen molar-refractivity contribution in [1.29, 1.82) is 0 Å². The number of nitrogens with zero attached hydrogens (tertiary/aromatic N) is 2. The fraction of sp³-hybridized carbons (Fsp3) is 0.250. The van der Waals surface area contributed by atoms with Gasteiger partial charge in [0.1, 0.15) is 5.75 Å². The van der Waals surface area contributed by atoms with Gasteiger partial charge in [0.15, 0.2) is 11.5 Å². The van der Waals surface area contributed by atoms with Crippen LogP contribution in [0.25, 0.3) is 17.5 Å². The van der Waals surface area contributed by atoms with E-state index in [4.69, 9.17) is 18.7 Å². The quantitative estimate of drug-likeness (QED) is 0.257. The minimum absolute atomic E-state index is 0.160. The summed E-state index contributed by atoms with van der Waals surface area (Å²) >= 11 is 0. The molecular formula is C24H24N2O7. The molecule has 33 heavy (non-hydrogen) atoms. The molecule has 0 spiro atoms. The topological polar surface area (TPSA) is 110 Å². The molecule has 0 amide bonds. The molecule has 3 aromatic rings. The van der Waals surface area contributed by atoms with Crippen molar-refractivity contribution in [3.05, 3.63) is 60.0 Å². The number of ether oxygens (including phenoxy) is 4. The fourth-order valence-electron chi connectivity index (χ4n) is 2.88. The van der Waals surface area contributed by atoms with Gasteiger partial charge in [0.2, 0.25) is 11.7 Å². The standard InChI is InChI=1S/C24H24N2O7/c1-29-18-11-9-17(10-12-18)24-25-21(33-26-24)5-4-6-23(28)32-19-13-7-16(15-20(19)30-2)8-14-22(27)31-3/h7-15H,4-6H2,1-3H3/b14-8+. The van der Waals surface area contributed by atoms with Crippen LogP contribution in [0.2, 0.25) is 0 Å². The van der Waals surface area contributed by atoms with Crippen LogP contribution >= 0.6 is 0 Å². The van der Waals surface area contributed by atoms with Gasteiger partial charge >= 0.3 is 11.9 Å². The van der Waals surface area contributed by atoms with E-state index in [9.17, 15) is 9.59 Å². The lowest BCUT2D eigenvalue weighted by Crippen LogP contribution is -2.09. The zero-order valence-corrected chi connectivity index (χ0v) is 18.6. The van der Waals surface area contributed by atoms with Gasteiger partial charge in [-0.1, -0.05) is 11.2 Å². The van der Waals surface area contributed by atoms with Crippen molar-refractivity contribution in [1.82, 2.24) is 10.1 Å². The van der Waals surface area contributed by atoms with Crippen LogP contribution < -0.4 is 14.2 Å². The van der Waals surface area contributed by atoms with E-state index in [1.807, 2.05) is 24.3 Å². The van der Waals surface area contributed by atoms with E-state index >= 15 is 0 Å². The number of aromatic nitrogens is 2. The lowest BCUT2D eigenvalue weighted by Gasteiger charge is -2.09. The summed E-state index contributed by atoms with van der Waals surface area (Å²) in [6.45, 7) is 0. The van der Waals surface area contributed by atoms with Crippen LogP contribution in [0.4, 0.5) is 0 Å². The predicted molar refractivity (Wildman–Crippen MR) is 119 cm³/mol. The molecule has 0 radical (unpaired) electrons. The molecular weight excluding hydrogens is 428 g/mol. The highest BCUT2D eigenvalue weighted by Crippen LogP contribution is 2.29. The van der Waals surface area contributed by atoms with Crippen LogP contribution in [0.15, 0.2) is 53.1 Å². The maximum atomic E-state index is 12.3. The smallest absolute Gasteiger partial charge is 0.330 e. The number of aryl methyl sites for hydroxylation is 1. The zero-order chi connectivity index (χ0) is 23.6. The number of esters is 2. The highest BCUT2D eigenvalue weighted by Gasteiger charge is 2.13. The molecule has 0 saturated carbocycles. The van der Waals surface area contributed by atoms with E-state index in [2.05, 4.69) is 14.9 Å². The number of benzene rings is 2. The van der Waals surface area contributed by atoms with E-state index in [0.29, 0.717) is 35.9 Å². The van der Waals surface area contributed by atoms with Crippen molar-refractivity contribution in [2.24, 2.45) is 0 Å². The third-order valence-electron chi connectivity index (χ3n) is 4.61. The predicted octanol–water partition coefficient (Wildman–Crippen LogP) is 3.87. The highest BCUT2D eigenvalue weighted by molar-refractivity contribution is 5.87. The minimum Gasteiger partial charge on any atom is -0.497 e. The van der Waals surface area contributed by atoms with Crippen molar-refractivity contribution in [2.45, 2.75) is 19.3 Å². The third kappa shape index (κ3) is 6.67. The lowest BCUT2D eigenvalue weighted by atomic mass is 10.2. The molecule has 0 saturated heterocycles. The van der Waals surface area contributed by atoms with Gasteiger partial charge in [0.25, 0.3) is 0 Å². The lowest BCUT2D eigenvalue weighted by molar-refractivity contribution is -0.135. The number of methoxy groups -OCH3 is 3. The number of rotatable bonds is 10. The normalized spacial score (nSPS) is 10.8. The van der Waals surface area contributed by atoms with Crippen LogP contribution in [-0.4, -0.2) is 43.4 Å². The number of hydrogen-bond donors (Lipinski definition) is 0. The van der Waals surface area contributed by atoms with Gasteiger partial charge in [-0.15, -0.1) is 0 Å². The van der Waals surface area contributed by atoms with Crippen LogP contribution in [0.5, 0.6) is 17.2 Å². The molecule has 0 aliphatic heterocycles. The van der Waals surface area contributed by atoms with Gasteiger partial charge < -0.3 is 23.5 Å². The Bertz CT molecular complexity index is 1120. The summed E-state index contributed by atoms with van der Waals surface area (Å²) in [5.74, 6) is 1.43. The second-order valence-corrected chi connectivity index (χ2v) is 6.83. The first-order valence-electron chi connectivity index (χ1n) is 10.1. The van der Waals surface area contributed by atoms with Gasteiger partial charge in [-0.05, 0) is 54.5 Å². The summed E-state index contributed by atoms with van der Waals surface area (Å²) in [4.78, 5) is 27.8. The third-order valence-corrected chi connectivity index (χ3v) is 4.61.